The van der Waals surface area contributed by atoms with Gasteiger partial charge in [-0.05, 0) is 0 Å². The van der Waals surface area contributed by atoms with Crippen LogP contribution in [0.1, 0.15) is 5.69 Å². The Hall–Kier alpha value is -1.12. The van der Waals surface area contributed by atoms with Crippen LogP contribution < -0.4 is 5.32 Å². The van der Waals surface area contributed by atoms with E-state index < -0.39 is 13.0 Å². The Morgan fingerprint density at radius 1 is 1.39 bits per heavy atom. The van der Waals surface area contributed by atoms with Gasteiger partial charge < -0.3 is 14.6 Å². The van der Waals surface area contributed by atoms with Crippen LogP contribution in [0.3, 0.4) is 0 Å². The number of ether oxygens (including phenoxy) is 2. The summed E-state index contributed by atoms with van der Waals surface area (Å²) >= 11 is 0. The van der Waals surface area contributed by atoms with Crippen molar-refractivity contribution < 1.29 is 22.6 Å². The molecule has 1 heterocycles. The van der Waals surface area contributed by atoms with Gasteiger partial charge in [0.15, 0.2) is 0 Å². The van der Waals surface area contributed by atoms with Crippen molar-refractivity contribution in [1.29, 1.82) is 0 Å². The molecule has 0 atom stereocenters. The van der Waals surface area contributed by atoms with Gasteiger partial charge >= 0.3 is 6.36 Å². The van der Waals surface area contributed by atoms with E-state index in [9.17, 15) is 13.2 Å². The van der Waals surface area contributed by atoms with Crippen LogP contribution in [-0.2, 0) is 22.6 Å². The minimum absolute atomic E-state index is 0.116. The molecule has 1 N–H and O–H groups in total. The maximum Gasteiger partial charge on any atom is 0.522 e. The molecule has 0 unspecified atom stereocenters. The number of nitrogens with one attached hydrogen (secondary N) is 1. The topological polar surface area (TPSA) is 48.3 Å². The fourth-order valence-corrected chi connectivity index (χ4v) is 1.28. The molecule has 18 heavy (non-hydrogen) atoms. The van der Waals surface area contributed by atoms with Gasteiger partial charge in [-0.15, -0.1) is 13.2 Å². The van der Waals surface area contributed by atoms with E-state index in [0.29, 0.717) is 19.7 Å². The molecule has 1 aromatic rings. The summed E-state index contributed by atoms with van der Waals surface area (Å²) in [6.07, 6.45) is -1.42. The molecule has 0 aliphatic rings. The Kier molecular flexibility index (Phi) is 6.10. The van der Waals surface area contributed by atoms with Crippen molar-refractivity contribution >= 4 is 0 Å². The Balaban J connectivity index is 2.21. The van der Waals surface area contributed by atoms with E-state index in [0.717, 1.165) is 5.69 Å². The highest BCUT2D eigenvalue weighted by Gasteiger charge is 2.28. The fraction of sp³-hybridized carbons (Fsp3) is 0.700. The third-order valence-corrected chi connectivity index (χ3v) is 2.09. The van der Waals surface area contributed by atoms with E-state index >= 15 is 0 Å². The average molecular weight is 267 g/mol. The largest absolute Gasteiger partial charge is 0.522 e. The van der Waals surface area contributed by atoms with Crippen LogP contribution in [0, 0.1) is 0 Å². The lowest BCUT2D eigenvalue weighted by atomic mass is 10.4. The highest BCUT2D eigenvalue weighted by atomic mass is 19.4. The predicted octanol–water partition coefficient (Wildman–Crippen LogP) is 1.16. The quantitative estimate of drug-likeness (QED) is 0.718. The van der Waals surface area contributed by atoms with Crippen molar-refractivity contribution in [1.82, 2.24) is 14.9 Å². The van der Waals surface area contributed by atoms with Crippen LogP contribution in [0.4, 0.5) is 13.2 Å². The van der Waals surface area contributed by atoms with E-state index in [4.69, 9.17) is 4.74 Å². The van der Waals surface area contributed by atoms with Crippen molar-refractivity contribution in [2.75, 3.05) is 26.9 Å². The summed E-state index contributed by atoms with van der Waals surface area (Å²) in [6, 6.07) is 0. The Labute approximate surface area is 103 Å². The molecule has 0 radical (unpaired) electrons. The SMILES string of the molecule is COCCNCc1cn(CCOC(F)(F)F)cn1. The number of halogens is 3. The molecule has 0 bridgehead atoms. The number of hydrogen-bond acceptors (Lipinski definition) is 4. The third-order valence-electron chi connectivity index (χ3n) is 2.09. The van der Waals surface area contributed by atoms with Gasteiger partial charge in [0.1, 0.15) is 0 Å². The molecule has 0 aliphatic carbocycles. The molecule has 1 aromatic heterocycles. The van der Waals surface area contributed by atoms with Crippen molar-refractivity contribution in [3.8, 4) is 0 Å². The van der Waals surface area contributed by atoms with Gasteiger partial charge in [-0.2, -0.15) is 0 Å². The number of rotatable bonds is 8. The zero-order valence-electron chi connectivity index (χ0n) is 10.0. The second kappa shape index (κ2) is 7.34. The lowest BCUT2D eigenvalue weighted by Crippen LogP contribution is -2.18. The van der Waals surface area contributed by atoms with Crippen LogP contribution in [0.25, 0.3) is 0 Å². The fourth-order valence-electron chi connectivity index (χ4n) is 1.28. The molecule has 8 heteroatoms. The standard InChI is InChI=1S/C10H16F3N3O2/c1-17-4-2-14-6-9-7-16(8-15-9)3-5-18-10(11,12)13/h7-8,14H,2-6H2,1H3. The first-order chi connectivity index (χ1) is 8.51. The number of imidazole rings is 1. The van der Waals surface area contributed by atoms with E-state index in [2.05, 4.69) is 15.0 Å². The van der Waals surface area contributed by atoms with Gasteiger partial charge in [0, 0.05) is 32.9 Å². The molecule has 0 aromatic carbocycles. The molecule has 0 spiro atoms. The van der Waals surface area contributed by atoms with Gasteiger partial charge in [-0.25, -0.2) is 4.98 Å². The summed E-state index contributed by atoms with van der Waals surface area (Å²) < 4.78 is 45.3. The molecule has 0 amide bonds. The lowest BCUT2D eigenvalue weighted by Gasteiger charge is -2.07. The number of nitrogens with zero attached hydrogens (tertiary/aromatic N) is 2. The summed E-state index contributed by atoms with van der Waals surface area (Å²) in [5.41, 5.74) is 0.762. The summed E-state index contributed by atoms with van der Waals surface area (Å²) in [5, 5.41) is 3.08. The molecule has 0 fully saturated rings. The van der Waals surface area contributed by atoms with Gasteiger partial charge in [0.05, 0.1) is 25.2 Å². The molecule has 104 valence electrons. The minimum Gasteiger partial charge on any atom is -0.383 e. The number of alkyl halides is 3. The van der Waals surface area contributed by atoms with E-state index in [1.54, 1.807) is 17.9 Å². The van der Waals surface area contributed by atoms with Crippen LogP contribution in [0.15, 0.2) is 12.5 Å². The van der Waals surface area contributed by atoms with E-state index in [1.807, 2.05) is 0 Å². The molecule has 1 rings (SSSR count). The predicted molar refractivity (Wildman–Crippen MR) is 57.8 cm³/mol. The second-order valence-corrected chi connectivity index (χ2v) is 3.57. The zero-order valence-corrected chi connectivity index (χ0v) is 10.0. The second-order valence-electron chi connectivity index (χ2n) is 3.57. The Bertz CT molecular complexity index is 341. The van der Waals surface area contributed by atoms with Gasteiger partial charge in [0.25, 0.3) is 0 Å². The highest BCUT2D eigenvalue weighted by Crippen LogP contribution is 2.15. The normalized spacial score (nSPS) is 12.0. The number of methoxy groups -OCH3 is 1. The van der Waals surface area contributed by atoms with Crippen molar-refractivity contribution in [3.05, 3.63) is 18.2 Å². The summed E-state index contributed by atoms with van der Waals surface area (Å²) in [4.78, 5) is 4.05. The maximum absolute atomic E-state index is 11.7. The van der Waals surface area contributed by atoms with Gasteiger partial charge in [0.2, 0.25) is 0 Å². The summed E-state index contributed by atoms with van der Waals surface area (Å²) in [6.45, 7) is 1.54. The van der Waals surface area contributed by atoms with Crippen LogP contribution >= 0.6 is 0 Å². The van der Waals surface area contributed by atoms with Gasteiger partial charge in [-0.3, -0.25) is 4.74 Å². The van der Waals surface area contributed by atoms with Gasteiger partial charge in [-0.1, -0.05) is 0 Å². The third kappa shape index (κ3) is 6.58. The first-order valence-corrected chi connectivity index (χ1v) is 5.42. The smallest absolute Gasteiger partial charge is 0.383 e. The summed E-state index contributed by atoms with van der Waals surface area (Å²) in [5.74, 6) is 0. The highest BCUT2D eigenvalue weighted by molar-refractivity contribution is 4.95. The Morgan fingerprint density at radius 2 is 2.17 bits per heavy atom. The van der Waals surface area contributed by atoms with Crippen molar-refractivity contribution in [3.63, 3.8) is 0 Å². The molecular formula is C10H16F3N3O2. The van der Waals surface area contributed by atoms with Crippen molar-refractivity contribution in [2.24, 2.45) is 0 Å². The number of hydrogen-bond donors (Lipinski definition) is 1. The Morgan fingerprint density at radius 3 is 2.83 bits per heavy atom. The van der Waals surface area contributed by atoms with Crippen LogP contribution in [0.5, 0.6) is 0 Å². The lowest BCUT2D eigenvalue weighted by molar-refractivity contribution is -0.325. The minimum atomic E-state index is -4.58. The molecular weight excluding hydrogens is 251 g/mol. The first-order valence-electron chi connectivity index (χ1n) is 5.42. The van der Waals surface area contributed by atoms with Crippen LogP contribution in [-0.4, -0.2) is 42.8 Å². The molecule has 5 nitrogen and oxygen atoms in total. The molecule has 0 saturated carbocycles. The zero-order chi connectivity index (χ0) is 13.4. The monoisotopic (exact) mass is 267 g/mol. The number of aromatic nitrogens is 2. The molecule has 0 aliphatic heterocycles. The average Bonchev–Trinajstić information content (AvgIpc) is 2.71. The van der Waals surface area contributed by atoms with Crippen molar-refractivity contribution in [2.45, 2.75) is 19.5 Å². The maximum atomic E-state index is 11.7. The first kappa shape index (κ1) is 14.9. The van der Waals surface area contributed by atoms with E-state index in [-0.39, 0.29) is 6.54 Å². The summed E-state index contributed by atoms with van der Waals surface area (Å²) in [7, 11) is 1.61. The van der Waals surface area contributed by atoms with Crippen LogP contribution in [0.2, 0.25) is 0 Å². The van der Waals surface area contributed by atoms with E-state index in [1.165, 1.54) is 6.33 Å². The molecule has 0 saturated heterocycles.